The Hall–Kier alpha value is -2.19. The van der Waals surface area contributed by atoms with E-state index in [1.54, 1.807) is 18.3 Å². The summed E-state index contributed by atoms with van der Waals surface area (Å²) in [6.45, 7) is 3.46. The summed E-state index contributed by atoms with van der Waals surface area (Å²) >= 11 is 9.27. The van der Waals surface area contributed by atoms with Gasteiger partial charge in [-0.1, -0.05) is 11.6 Å². The van der Waals surface area contributed by atoms with Crippen LogP contribution in [0.15, 0.2) is 34.9 Å². The van der Waals surface area contributed by atoms with Crippen molar-refractivity contribution in [2.75, 3.05) is 11.9 Å². The smallest absolute Gasteiger partial charge is 0.260 e. The van der Waals surface area contributed by atoms with Gasteiger partial charge in [0, 0.05) is 21.7 Å². The van der Waals surface area contributed by atoms with Gasteiger partial charge >= 0.3 is 0 Å². The Morgan fingerprint density at radius 3 is 2.81 bits per heavy atom. The second-order valence-corrected chi connectivity index (χ2v) is 7.81. The number of amides is 2. The average Bonchev–Trinajstić information content (AvgIpc) is 2.56. The van der Waals surface area contributed by atoms with E-state index in [9.17, 15) is 14.0 Å². The van der Waals surface area contributed by atoms with Crippen molar-refractivity contribution in [1.82, 2.24) is 15.2 Å². The highest BCUT2D eigenvalue weighted by molar-refractivity contribution is 9.10. The molecular formula is C18H17BrClFN4O2. The lowest BCUT2D eigenvalue weighted by Gasteiger charge is -2.37. The first-order valence-electron chi connectivity index (χ1n) is 8.23. The van der Waals surface area contributed by atoms with E-state index in [1.807, 2.05) is 13.8 Å². The van der Waals surface area contributed by atoms with E-state index in [2.05, 4.69) is 31.5 Å². The van der Waals surface area contributed by atoms with Crippen molar-refractivity contribution in [2.45, 2.75) is 26.1 Å². The van der Waals surface area contributed by atoms with Gasteiger partial charge in [0.1, 0.15) is 24.3 Å². The van der Waals surface area contributed by atoms with E-state index in [0.717, 1.165) is 0 Å². The number of carbonyl (C=O) groups excluding carboxylic acids is 2. The summed E-state index contributed by atoms with van der Waals surface area (Å²) in [7, 11) is 0. The third-order valence-electron chi connectivity index (χ3n) is 3.89. The summed E-state index contributed by atoms with van der Waals surface area (Å²) in [6, 6.07) is 5.55. The van der Waals surface area contributed by atoms with Crippen LogP contribution in [0, 0.1) is 5.82 Å². The minimum Gasteiger partial charge on any atom is -0.352 e. The number of hydrogen-bond acceptors (Lipinski definition) is 4. The Bertz CT molecular complexity index is 889. The second kappa shape index (κ2) is 7.82. The largest absolute Gasteiger partial charge is 0.352 e. The molecule has 1 aromatic heterocycles. The number of pyridine rings is 1. The zero-order valence-electron chi connectivity index (χ0n) is 14.6. The fourth-order valence-corrected chi connectivity index (χ4v) is 3.44. The lowest BCUT2D eigenvalue weighted by Crippen LogP contribution is -2.49. The quantitative estimate of drug-likeness (QED) is 0.737. The lowest BCUT2D eigenvalue weighted by atomic mass is 10.1. The number of benzene rings is 1. The standard InChI is InChI=1S/C18H17BrClFN4O2/c1-9(2)23-15(26)8-25-17(10-3-12(20)6-13(21)4-10)24-16-14(18(25)27)5-11(19)7-22-16/h3-7,9,17H,8H2,1-2H3,(H,22,24)(H,23,26). The molecule has 0 spiro atoms. The van der Waals surface area contributed by atoms with Gasteiger partial charge in [-0.15, -0.1) is 0 Å². The van der Waals surface area contributed by atoms with Crippen LogP contribution in [-0.2, 0) is 4.79 Å². The van der Waals surface area contributed by atoms with Gasteiger partial charge in [-0.3, -0.25) is 9.59 Å². The monoisotopic (exact) mass is 454 g/mol. The van der Waals surface area contributed by atoms with Crippen LogP contribution in [0.4, 0.5) is 10.2 Å². The van der Waals surface area contributed by atoms with E-state index < -0.39 is 12.0 Å². The molecule has 0 saturated carbocycles. The fraction of sp³-hybridized carbons (Fsp3) is 0.278. The Morgan fingerprint density at radius 2 is 2.15 bits per heavy atom. The number of nitrogens with one attached hydrogen (secondary N) is 2. The summed E-state index contributed by atoms with van der Waals surface area (Å²) in [5.74, 6) is -0.886. The van der Waals surface area contributed by atoms with Crippen molar-refractivity contribution in [3.63, 3.8) is 0 Å². The Labute approximate surface area is 169 Å². The molecule has 0 aliphatic carbocycles. The molecule has 0 fully saturated rings. The van der Waals surface area contributed by atoms with Crippen molar-refractivity contribution in [2.24, 2.45) is 0 Å². The maximum atomic E-state index is 13.9. The summed E-state index contributed by atoms with van der Waals surface area (Å²) in [6.07, 6.45) is 0.764. The summed E-state index contributed by atoms with van der Waals surface area (Å²) in [4.78, 5) is 30.9. The Morgan fingerprint density at radius 1 is 1.41 bits per heavy atom. The molecule has 1 atom stereocenters. The van der Waals surface area contributed by atoms with Crippen molar-refractivity contribution < 1.29 is 14.0 Å². The third kappa shape index (κ3) is 4.39. The van der Waals surface area contributed by atoms with Gasteiger partial charge in [-0.05, 0) is 59.6 Å². The van der Waals surface area contributed by atoms with E-state index in [4.69, 9.17) is 11.6 Å². The highest BCUT2D eigenvalue weighted by atomic mass is 79.9. The molecule has 9 heteroatoms. The highest BCUT2D eigenvalue weighted by Gasteiger charge is 2.35. The van der Waals surface area contributed by atoms with E-state index >= 15 is 0 Å². The molecule has 27 heavy (non-hydrogen) atoms. The van der Waals surface area contributed by atoms with Crippen molar-refractivity contribution in [1.29, 1.82) is 0 Å². The van der Waals surface area contributed by atoms with Gasteiger partial charge in [0.2, 0.25) is 5.91 Å². The molecule has 0 bridgehead atoms. The second-order valence-electron chi connectivity index (χ2n) is 6.45. The van der Waals surface area contributed by atoms with Crippen LogP contribution in [0.25, 0.3) is 0 Å². The van der Waals surface area contributed by atoms with Crippen molar-refractivity contribution >= 4 is 45.2 Å². The topological polar surface area (TPSA) is 74.3 Å². The molecule has 2 N–H and O–H groups in total. The first kappa shape index (κ1) is 19.6. The predicted octanol–water partition coefficient (Wildman–Crippen LogP) is 3.73. The van der Waals surface area contributed by atoms with Crippen LogP contribution >= 0.6 is 27.5 Å². The molecule has 1 aliphatic rings. The molecule has 2 aromatic rings. The zero-order valence-corrected chi connectivity index (χ0v) is 16.9. The molecule has 1 unspecified atom stereocenters. The average molecular weight is 456 g/mol. The molecule has 1 aliphatic heterocycles. The number of halogens is 3. The first-order valence-corrected chi connectivity index (χ1v) is 9.40. The lowest BCUT2D eigenvalue weighted by molar-refractivity contribution is -0.122. The number of aromatic nitrogens is 1. The first-order chi connectivity index (χ1) is 12.7. The number of nitrogens with zero attached hydrogens (tertiary/aromatic N) is 2. The van der Waals surface area contributed by atoms with Gasteiger partial charge < -0.3 is 15.5 Å². The number of hydrogen-bond donors (Lipinski definition) is 2. The number of rotatable bonds is 4. The molecule has 0 saturated heterocycles. The van der Waals surface area contributed by atoms with Gasteiger partial charge in [0.05, 0.1) is 5.56 Å². The molecular weight excluding hydrogens is 439 g/mol. The van der Waals surface area contributed by atoms with Gasteiger partial charge in [0.15, 0.2) is 0 Å². The van der Waals surface area contributed by atoms with Crippen LogP contribution in [0.1, 0.15) is 35.9 Å². The van der Waals surface area contributed by atoms with Gasteiger partial charge in [-0.2, -0.15) is 0 Å². The molecule has 2 amide bonds. The number of fused-ring (bicyclic) bond motifs is 1. The molecule has 0 radical (unpaired) electrons. The van der Waals surface area contributed by atoms with Crippen LogP contribution in [0.3, 0.4) is 0 Å². The van der Waals surface area contributed by atoms with Gasteiger partial charge in [0.25, 0.3) is 5.91 Å². The van der Waals surface area contributed by atoms with Crippen LogP contribution in [0.5, 0.6) is 0 Å². The zero-order chi connectivity index (χ0) is 19.7. The van der Waals surface area contributed by atoms with Crippen LogP contribution in [0.2, 0.25) is 5.02 Å². The maximum absolute atomic E-state index is 13.9. The SMILES string of the molecule is CC(C)NC(=O)CN1C(=O)c2cc(Br)cnc2NC1c1cc(F)cc(Cl)c1. The third-order valence-corrected chi connectivity index (χ3v) is 4.55. The summed E-state index contributed by atoms with van der Waals surface area (Å²) in [5, 5.41) is 6.05. The summed E-state index contributed by atoms with van der Waals surface area (Å²) < 4.78 is 14.5. The van der Waals surface area contributed by atoms with E-state index in [0.29, 0.717) is 21.4 Å². The molecule has 2 heterocycles. The van der Waals surface area contributed by atoms with E-state index in [-0.39, 0.29) is 29.4 Å². The fourth-order valence-electron chi connectivity index (χ4n) is 2.88. The highest BCUT2D eigenvalue weighted by Crippen LogP contribution is 2.34. The maximum Gasteiger partial charge on any atom is 0.260 e. The normalized spacial score (nSPS) is 16.1. The molecule has 6 nitrogen and oxygen atoms in total. The van der Waals surface area contributed by atoms with Crippen molar-refractivity contribution in [3.05, 3.63) is 56.9 Å². The molecule has 142 valence electrons. The molecule has 1 aromatic carbocycles. The minimum atomic E-state index is -0.787. The number of anilines is 1. The van der Waals surface area contributed by atoms with E-state index in [1.165, 1.54) is 17.0 Å². The summed E-state index contributed by atoms with van der Waals surface area (Å²) in [5.41, 5.74) is 0.738. The van der Waals surface area contributed by atoms with Gasteiger partial charge in [-0.25, -0.2) is 9.37 Å². The van der Waals surface area contributed by atoms with Crippen LogP contribution < -0.4 is 10.6 Å². The van der Waals surface area contributed by atoms with Crippen LogP contribution in [-0.4, -0.2) is 34.3 Å². The van der Waals surface area contributed by atoms with Crippen molar-refractivity contribution in [3.8, 4) is 0 Å². The Balaban J connectivity index is 2.03. The molecule has 3 rings (SSSR count). The minimum absolute atomic E-state index is 0.0736. The predicted molar refractivity (Wildman–Crippen MR) is 104 cm³/mol. The number of carbonyl (C=O) groups is 2. The Kier molecular flexibility index (Phi) is 5.67.